The van der Waals surface area contributed by atoms with E-state index in [0.717, 1.165) is 25.8 Å². The minimum Gasteiger partial charge on any atom is -0.378 e. The first-order valence-corrected chi connectivity index (χ1v) is 7.70. The molecule has 2 unspecified atom stereocenters. The lowest BCUT2D eigenvalue weighted by molar-refractivity contribution is -0.123. The van der Waals surface area contributed by atoms with Crippen molar-refractivity contribution in [3.05, 3.63) is 23.5 Å². The molecule has 0 radical (unpaired) electrons. The minimum atomic E-state index is -1.25. The number of hydrogen-bond acceptors (Lipinski definition) is 3. The summed E-state index contributed by atoms with van der Waals surface area (Å²) in [4.78, 5) is 13.6. The van der Waals surface area contributed by atoms with Crippen LogP contribution in [0.1, 0.15) is 50.7 Å². The standard InChI is InChI=1S/C16H21FN2O2/c1-2-10-6-4-3-5-7-19(10)14-9-13-11(8-12(14)17)15(20)16(21)18-13/h8-10,15,20H,2-7H2,1H3,(H,18,21). The molecule has 1 amide bonds. The monoisotopic (exact) mass is 292 g/mol. The fourth-order valence-electron chi connectivity index (χ4n) is 3.39. The van der Waals surface area contributed by atoms with E-state index in [2.05, 4.69) is 17.1 Å². The lowest BCUT2D eigenvalue weighted by Gasteiger charge is -2.32. The molecule has 1 fully saturated rings. The highest BCUT2D eigenvalue weighted by Gasteiger charge is 2.31. The van der Waals surface area contributed by atoms with Crippen molar-refractivity contribution < 1.29 is 14.3 Å². The SMILES string of the molecule is CCC1CCCCCN1c1cc2c(cc1F)C(O)C(=O)N2. The Bertz CT molecular complexity index is 561. The van der Waals surface area contributed by atoms with Gasteiger partial charge in [0.05, 0.1) is 5.69 Å². The van der Waals surface area contributed by atoms with Gasteiger partial charge in [-0.2, -0.15) is 0 Å². The van der Waals surface area contributed by atoms with Crippen molar-refractivity contribution >= 4 is 17.3 Å². The van der Waals surface area contributed by atoms with Crippen molar-refractivity contribution in [2.75, 3.05) is 16.8 Å². The van der Waals surface area contributed by atoms with Crippen LogP contribution in [-0.4, -0.2) is 23.6 Å². The predicted octanol–water partition coefficient (Wildman–Crippen LogP) is 2.97. The number of rotatable bonds is 2. The Labute approximate surface area is 124 Å². The molecule has 0 aliphatic carbocycles. The zero-order chi connectivity index (χ0) is 15.0. The molecule has 3 rings (SSSR count). The Kier molecular flexibility index (Phi) is 3.85. The Morgan fingerprint density at radius 1 is 1.38 bits per heavy atom. The molecule has 0 spiro atoms. The average molecular weight is 292 g/mol. The third-order valence-corrected chi connectivity index (χ3v) is 4.58. The Morgan fingerprint density at radius 2 is 2.19 bits per heavy atom. The van der Waals surface area contributed by atoms with Gasteiger partial charge in [0.2, 0.25) is 0 Å². The predicted molar refractivity (Wildman–Crippen MR) is 79.9 cm³/mol. The lowest BCUT2D eigenvalue weighted by atomic mass is 10.0. The second-order valence-electron chi connectivity index (χ2n) is 5.89. The lowest BCUT2D eigenvalue weighted by Crippen LogP contribution is -2.35. The average Bonchev–Trinajstić information content (AvgIpc) is 2.68. The largest absolute Gasteiger partial charge is 0.378 e. The Morgan fingerprint density at radius 3 is 2.95 bits per heavy atom. The van der Waals surface area contributed by atoms with E-state index in [9.17, 15) is 14.3 Å². The van der Waals surface area contributed by atoms with E-state index >= 15 is 0 Å². The zero-order valence-corrected chi connectivity index (χ0v) is 12.2. The van der Waals surface area contributed by atoms with Crippen LogP contribution in [-0.2, 0) is 4.79 Å². The second kappa shape index (κ2) is 5.64. The number of nitrogens with zero attached hydrogens (tertiary/aromatic N) is 1. The molecule has 1 saturated heterocycles. The number of nitrogens with one attached hydrogen (secondary N) is 1. The molecule has 0 saturated carbocycles. The molecule has 0 bridgehead atoms. The molecule has 1 aromatic carbocycles. The molecule has 2 N–H and O–H groups in total. The van der Waals surface area contributed by atoms with Gasteiger partial charge in [0, 0.05) is 23.8 Å². The van der Waals surface area contributed by atoms with E-state index in [1.54, 1.807) is 6.07 Å². The first-order chi connectivity index (χ1) is 10.1. The number of fused-ring (bicyclic) bond motifs is 1. The van der Waals surface area contributed by atoms with Crippen molar-refractivity contribution in [3.63, 3.8) is 0 Å². The molecule has 2 heterocycles. The summed E-state index contributed by atoms with van der Waals surface area (Å²) < 4.78 is 14.5. The van der Waals surface area contributed by atoms with Gasteiger partial charge in [0.25, 0.3) is 5.91 Å². The number of hydrogen-bond donors (Lipinski definition) is 2. The third kappa shape index (κ3) is 2.50. The van der Waals surface area contributed by atoms with E-state index < -0.39 is 12.0 Å². The number of amides is 1. The van der Waals surface area contributed by atoms with E-state index in [1.807, 2.05) is 0 Å². The summed E-state index contributed by atoms with van der Waals surface area (Å²) >= 11 is 0. The Hall–Kier alpha value is -1.62. The molecule has 0 aromatic heterocycles. The number of carbonyl (C=O) groups excluding carboxylic acids is 1. The van der Waals surface area contributed by atoms with E-state index in [1.165, 1.54) is 18.9 Å². The van der Waals surface area contributed by atoms with Crippen LogP contribution in [0.5, 0.6) is 0 Å². The fraction of sp³-hybridized carbons (Fsp3) is 0.562. The van der Waals surface area contributed by atoms with Crippen LogP contribution in [0.25, 0.3) is 0 Å². The van der Waals surface area contributed by atoms with E-state index in [-0.39, 0.29) is 5.82 Å². The number of carbonyl (C=O) groups is 1. The van der Waals surface area contributed by atoms with Crippen LogP contribution in [0.4, 0.5) is 15.8 Å². The molecular formula is C16H21FN2O2. The van der Waals surface area contributed by atoms with Gasteiger partial charge < -0.3 is 15.3 Å². The van der Waals surface area contributed by atoms with Gasteiger partial charge in [-0.25, -0.2) is 4.39 Å². The summed E-state index contributed by atoms with van der Waals surface area (Å²) in [7, 11) is 0. The topological polar surface area (TPSA) is 52.6 Å². The molecule has 2 atom stereocenters. The van der Waals surface area contributed by atoms with Crippen LogP contribution in [0, 0.1) is 5.82 Å². The second-order valence-corrected chi connectivity index (χ2v) is 5.89. The maximum absolute atomic E-state index is 14.5. The van der Waals surface area contributed by atoms with Gasteiger partial charge in [0.1, 0.15) is 5.82 Å². The van der Waals surface area contributed by atoms with Crippen LogP contribution < -0.4 is 10.2 Å². The fourth-order valence-corrected chi connectivity index (χ4v) is 3.39. The summed E-state index contributed by atoms with van der Waals surface area (Å²) in [5.74, 6) is -0.839. The summed E-state index contributed by atoms with van der Waals surface area (Å²) in [6, 6.07) is 3.31. The highest BCUT2D eigenvalue weighted by molar-refractivity contribution is 6.02. The van der Waals surface area contributed by atoms with Crippen LogP contribution >= 0.6 is 0 Å². The van der Waals surface area contributed by atoms with E-state index in [0.29, 0.717) is 23.0 Å². The van der Waals surface area contributed by atoms with Crippen LogP contribution in [0.15, 0.2) is 12.1 Å². The number of aliphatic hydroxyl groups is 1. The van der Waals surface area contributed by atoms with Crippen molar-refractivity contribution in [3.8, 4) is 0 Å². The van der Waals surface area contributed by atoms with Gasteiger partial charge in [-0.1, -0.05) is 19.8 Å². The summed E-state index contributed by atoms with van der Waals surface area (Å²) in [6.07, 6.45) is 4.20. The normalized spacial score (nSPS) is 25.5. The van der Waals surface area contributed by atoms with Crippen molar-refractivity contribution in [1.29, 1.82) is 0 Å². The molecule has 2 aliphatic heterocycles. The first-order valence-electron chi connectivity index (χ1n) is 7.70. The van der Waals surface area contributed by atoms with E-state index in [4.69, 9.17) is 0 Å². The van der Waals surface area contributed by atoms with Crippen LogP contribution in [0.3, 0.4) is 0 Å². The summed E-state index contributed by atoms with van der Waals surface area (Å²) in [5.41, 5.74) is 1.41. The van der Waals surface area contributed by atoms with Gasteiger partial charge in [-0.15, -0.1) is 0 Å². The molecule has 114 valence electrons. The van der Waals surface area contributed by atoms with Crippen molar-refractivity contribution in [1.82, 2.24) is 0 Å². The molecule has 2 aliphatic rings. The quantitative estimate of drug-likeness (QED) is 0.881. The van der Waals surface area contributed by atoms with Gasteiger partial charge in [0.15, 0.2) is 6.10 Å². The number of benzene rings is 1. The van der Waals surface area contributed by atoms with Crippen molar-refractivity contribution in [2.24, 2.45) is 0 Å². The molecule has 21 heavy (non-hydrogen) atoms. The number of halogens is 1. The maximum Gasteiger partial charge on any atom is 0.257 e. The highest BCUT2D eigenvalue weighted by Crippen LogP contribution is 2.37. The highest BCUT2D eigenvalue weighted by atomic mass is 19.1. The third-order valence-electron chi connectivity index (χ3n) is 4.58. The summed E-state index contributed by atoms with van der Waals surface area (Å²) in [5, 5.41) is 12.3. The number of aliphatic hydroxyl groups excluding tert-OH is 1. The maximum atomic E-state index is 14.5. The van der Waals surface area contributed by atoms with Gasteiger partial charge in [-0.3, -0.25) is 4.79 Å². The van der Waals surface area contributed by atoms with Crippen molar-refractivity contribution in [2.45, 2.75) is 51.2 Å². The minimum absolute atomic E-state index is 0.335. The number of anilines is 2. The Balaban J connectivity index is 1.98. The smallest absolute Gasteiger partial charge is 0.257 e. The molecule has 1 aromatic rings. The van der Waals surface area contributed by atoms with Crippen LogP contribution in [0.2, 0.25) is 0 Å². The zero-order valence-electron chi connectivity index (χ0n) is 12.2. The first kappa shape index (κ1) is 14.3. The molecular weight excluding hydrogens is 271 g/mol. The summed E-state index contributed by atoms with van der Waals surface area (Å²) in [6.45, 7) is 2.96. The molecule has 4 nitrogen and oxygen atoms in total. The van der Waals surface area contributed by atoms with Gasteiger partial charge >= 0.3 is 0 Å². The van der Waals surface area contributed by atoms with Gasteiger partial charge in [-0.05, 0) is 31.4 Å². The molecule has 5 heteroatoms.